The molecule has 2 aromatic heterocycles. The third-order valence-electron chi connectivity index (χ3n) is 5.68. The number of hydrogen-bond donors (Lipinski definition) is 0. The SMILES string of the molecule is CC(Sc1nnc(-c2ccccc2)n1C)C(=O)N1N=C(c2ccc(Cl)cc2)CC1c1ccco1. The average Bonchev–Trinajstić information content (AvgIpc) is 3.60. The lowest BCUT2D eigenvalue weighted by Crippen LogP contribution is -2.33. The van der Waals surface area contributed by atoms with Crippen LogP contribution in [-0.2, 0) is 11.8 Å². The Morgan fingerprint density at radius 1 is 1.06 bits per heavy atom. The molecule has 0 fully saturated rings. The number of thioether (sulfide) groups is 1. The van der Waals surface area contributed by atoms with Crippen LogP contribution < -0.4 is 0 Å². The van der Waals surface area contributed by atoms with Gasteiger partial charge in [-0.25, -0.2) is 5.01 Å². The Balaban J connectivity index is 1.39. The van der Waals surface area contributed by atoms with Crippen LogP contribution in [0.1, 0.15) is 30.7 Å². The Morgan fingerprint density at radius 2 is 1.82 bits per heavy atom. The van der Waals surface area contributed by atoms with Gasteiger partial charge in [-0.15, -0.1) is 10.2 Å². The molecule has 0 radical (unpaired) electrons. The molecule has 0 saturated heterocycles. The standard InChI is InChI=1S/C25H22ClN5O2S/c1-16(34-25-28-27-23(30(25)2)18-7-4-3-5-8-18)24(32)31-21(22-9-6-14-33-22)15-20(29-31)17-10-12-19(26)13-11-17/h3-14,16,21H,15H2,1-2H3. The number of hydrogen-bond acceptors (Lipinski definition) is 6. The second-order valence-corrected chi connectivity index (χ2v) is 9.71. The highest BCUT2D eigenvalue weighted by atomic mass is 35.5. The first-order valence-electron chi connectivity index (χ1n) is 10.8. The molecule has 0 N–H and O–H groups in total. The van der Waals surface area contributed by atoms with Crippen molar-refractivity contribution in [2.75, 3.05) is 0 Å². The highest BCUT2D eigenvalue weighted by molar-refractivity contribution is 8.00. The van der Waals surface area contributed by atoms with E-state index >= 15 is 0 Å². The van der Waals surface area contributed by atoms with Crippen molar-refractivity contribution in [3.8, 4) is 11.4 Å². The summed E-state index contributed by atoms with van der Waals surface area (Å²) in [5.74, 6) is 1.32. The summed E-state index contributed by atoms with van der Waals surface area (Å²) < 4.78 is 7.55. The third kappa shape index (κ3) is 4.38. The summed E-state index contributed by atoms with van der Waals surface area (Å²) >= 11 is 7.40. The van der Waals surface area contributed by atoms with Crippen LogP contribution in [-0.4, -0.2) is 36.6 Å². The zero-order valence-electron chi connectivity index (χ0n) is 18.6. The van der Waals surface area contributed by atoms with Crippen LogP contribution in [0.15, 0.2) is 87.7 Å². The molecule has 1 aliphatic rings. The molecule has 0 aliphatic carbocycles. The van der Waals surface area contributed by atoms with Gasteiger partial charge in [-0.1, -0.05) is 65.8 Å². The van der Waals surface area contributed by atoms with E-state index in [0.29, 0.717) is 22.4 Å². The fourth-order valence-electron chi connectivity index (χ4n) is 3.88. The van der Waals surface area contributed by atoms with E-state index in [-0.39, 0.29) is 11.9 Å². The fraction of sp³-hybridized carbons (Fsp3) is 0.200. The van der Waals surface area contributed by atoms with Gasteiger partial charge < -0.3 is 8.98 Å². The molecular weight excluding hydrogens is 470 g/mol. The van der Waals surface area contributed by atoms with Crippen molar-refractivity contribution in [2.24, 2.45) is 12.1 Å². The Bertz CT molecular complexity index is 1320. The predicted molar refractivity (Wildman–Crippen MR) is 133 cm³/mol. The molecule has 7 nitrogen and oxygen atoms in total. The zero-order chi connectivity index (χ0) is 23.7. The molecule has 4 aromatic rings. The van der Waals surface area contributed by atoms with Gasteiger partial charge in [-0.3, -0.25) is 4.79 Å². The van der Waals surface area contributed by atoms with Crippen LogP contribution in [0.3, 0.4) is 0 Å². The Labute approximate surface area is 206 Å². The van der Waals surface area contributed by atoms with Gasteiger partial charge in [0.2, 0.25) is 0 Å². The maximum atomic E-state index is 13.6. The molecule has 172 valence electrons. The summed E-state index contributed by atoms with van der Waals surface area (Å²) in [5, 5.41) is 15.8. The maximum Gasteiger partial charge on any atom is 0.256 e. The average molecular weight is 492 g/mol. The Hall–Kier alpha value is -3.36. The van der Waals surface area contributed by atoms with E-state index < -0.39 is 5.25 Å². The minimum Gasteiger partial charge on any atom is -0.467 e. The maximum absolute atomic E-state index is 13.6. The number of aromatic nitrogens is 3. The van der Waals surface area contributed by atoms with E-state index in [1.54, 1.807) is 6.26 Å². The molecule has 2 atom stereocenters. The van der Waals surface area contributed by atoms with Gasteiger partial charge in [0.05, 0.1) is 17.2 Å². The first-order valence-corrected chi connectivity index (χ1v) is 12.1. The molecule has 5 rings (SSSR count). The number of halogens is 1. The third-order valence-corrected chi connectivity index (χ3v) is 7.06. The lowest BCUT2D eigenvalue weighted by Gasteiger charge is -2.22. The van der Waals surface area contributed by atoms with Gasteiger partial charge >= 0.3 is 0 Å². The Morgan fingerprint density at radius 3 is 2.53 bits per heavy atom. The number of amides is 1. The van der Waals surface area contributed by atoms with Crippen molar-refractivity contribution in [3.05, 3.63) is 89.3 Å². The summed E-state index contributed by atoms with van der Waals surface area (Å²) in [7, 11) is 1.90. The summed E-state index contributed by atoms with van der Waals surface area (Å²) in [6.45, 7) is 1.86. The summed E-state index contributed by atoms with van der Waals surface area (Å²) in [5.41, 5.74) is 2.71. The molecule has 1 aliphatic heterocycles. The number of rotatable bonds is 6. The normalized spacial score (nSPS) is 16.5. The van der Waals surface area contributed by atoms with E-state index in [1.165, 1.54) is 16.8 Å². The van der Waals surface area contributed by atoms with Gasteiger partial charge in [0.1, 0.15) is 11.8 Å². The lowest BCUT2D eigenvalue weighted by molar-refractivity contribution is -0.132. The monoisotopic (exact) mass is 491 g/mol. The molecule has 2 aromatic carbocycles. The quantitative estimate of drug-likeness (QED) is 0.329. The predicted octanol–water partition coefficient (Wildman–Crippen LogP) is 5.59. The van der Waals surface area contributed by atoms with Crippen molar-refractivity contribution in [1.29, 1.82) is 0 Å². The second kappa shape index (κ2) is 9.48. The first kappa shape index (κ1) is 22.4. The molecule has 1 amide bonds. The summed E-state index contributed by atoms with van der Waals surface area (Å²) in [6.07, 6.45) is 2.17. The first-order chi connectivity index (χ1) is 16.5. The number of carbonyl (C=O) groups excluding carboxylic acids is 1. The molecule has 2 unspecified atom stereocenters. The summed E-state index contributed by atoms with van der Waals surface area (Å²) in [6, 6.07) is 20.7. The van der Waals surface area contributed by atoms with Crippen LogP contribution in [0.2, 0.25) is 5.02 Å². The van der Waals surface area contributed by atoms with E-state index in [9.17, 15) is 4.79 Å². The number of nitrogens with zero attached hydrogens (tertiary/aromatic N) is 5. The van der Waals surface area contributed by atoms with Crippen molar-refractivity contribution in [3.63, 3.8) is 0 Å². The fourth-order valence-corrected chi connectivity index (χ4v) is 4.87. The molecule has 3 heterocycles. The van der Waals surface area contributed by atoms with E-state index in [1.807, 2.05) is 85.3 Å². The van der Waals surface area contributed by atoms with Crippen LogP contribution in [0.4, 0.5) is 0 Å². The highest BCUT2D eigenvalue weighted by Gasteiger charge is 2.37. The minimum atomic E-state index is -0.433. The number of carbonyl (C=O) groups is 1. The van der Waals surface area contributed by atoms with Gasteiger partial charge in [0.25, 0.3) is 5.91 Å². The van der Waals surface area contributed by atoms with Gasteiger partial charge in [0, 0.05) is 24.1 Å². The van der Waals surface area contributed by atoms with Crippen LogP contribution in [0, 0.1) is 0 Å². The number of benzene rings is 2. The molecule has 9 heteroatoms. The molecular formula is C25H22ClN5O2S. The molecule has 34 heavy (non-hydrogen) atoms. The van der Waals surface area contributed by atoms with Gasteiger partial charge in [0.15, 0.2) is 11.0 Å². The van der Waals surface area contributed by atoms with Crippen LogP contribution in [0.5, 0.6) is 0 Å². The smallest absolute Gasteiger partial charge is 0.256 e. The van der Waals surface area contributed by atoms with E-state index in [4.69, 9.17) is 21.1 Å². The summed E-state index contributed by atoms with van der Waals surface area (Å²) in [4.78, 5) is 13.6. The number of furan rings is 1. The van der Waals surface area contributed by atoms with Crippen molar-refractivity contribution < 1.29 is 9.21 Å². The van der Waals surface area contributed by atoms with Crippen molar-refractivity contribution in [2.45, 2.75) is 29.8 Å². The van der Waals surface area contributed by atoms with Crippen molar-refractivity contribution in [1.82, 2.24) is 19.8 Å². The second-order valence-electron chi connectivity index (χ2n) is 7.96. The van der Waals surface area contributed by atoms with Crippen LogP contribution in [0.25, 0.3) is 11.4 Å². The van der Waals surface area contributed by atoms with Crippen LogP contribution >= 0.6 is 23.4 Å². The highest BCUT2D eigenvalue weighted by Crippen LogP contribution is 2.36. The Kier molecular flexibility index (Phi) is 6.26. The minimum absolute atomic E-state index is 0.125. The number of hydrazone groups is 1. The largest absolute Gasteiger partial charge is 0.467 e. The van der Waals surface area contributed by atoms with E-state index in [0.717, 1.165) is 22.7 Å². The molecule has 0 spiro atoms. The lowest BCUT2D eigenvalue weighted by atomic mass is 10.0. The molecule has 0 bridgehead atoms. The molecule has 0 saturated carbocycles. The van der Waals surface area contributed by atoms with E-state index in [2.05, 4.69) is 10.2 Å². The van der Waals surface area contributed by atoms with Gasteiger partial charge in [-0.2, -0.15) is 5.10 Å². The van der Waals surface area contributed by atoms with Crippen molar-refractivity contribution >= 4 is 35.0 Å². The topological polar surface area (TPSA) is 76.5 Å². The zero-order valence-corrected chi connectivity index (χ0v) is 20.2. The van der Waals surface area contributed by atoms with Gasteiger partial charge in [-0.05, 0) is 36.8 Å².